The molecule has 0 aromatic carbocycles. The molecule has 0 amide bonds. The van der Waals surface area contributed by atoms with Gasteiger partial charge in [0.25, 0.3) is 0 Å². The van der Waals surface area contributed by atoms with Crippen molar-refractivity contribution in [2.75, 3.05) is 0 Å². The minimum absolute atomic E-state index is 0.407. The highest BCUT2D eigenvalue weighted by molar-refractivity contribution is 5.51. The number of carbonyl (C=O) groups excluding carboxylic acids is 1. The van der Waals surface area contributed by atoms with Crippen LogP contribution in [-0.2, 0) is 4.79 Å². The van der Waals surface area contributed by atoms with E-state index in [9.17, 15) is 4.79 Å². The first kappa shape index (κ1) is 9.86. The quantitative estimate of drug-likeness (QED) is 0.631. The Kier molecular flexibility index (Phi) is 1.76. The standard InChI is InChI=1S/C14H22O/c1-12-5-11-6-13(2,8-12)10-14(7-11,9-12)3-4-15/h4,11H,3,5-10H2,1-2H3/t11?,12-,13+,14?. The molecule has 0 heterocycles. The lowest BCUT2D eigenvalue weighted by molar-refractivity contribution is -0.150. The van der Waals surface area contributed by atoms with Crippen LogP contribution in [-0.4, -0.2) is 6.29 Å². The van der Waals surface area contributed by atoms with E-state index < -0.39 is 0 Å². The van der Waals surface area contributed by atoms with Gasteiger partial charge in [-0.25, -0.2) is 0 Å². The summed E-state index contributed by atoms with van der Waals surface area (Å²) in [4.78, 5) is 10.9. The normalized spacial score (nSPS) is 57.1. The monoisotopic (exact) mass is 206 g/mol. The molecule has 84 valence electrons. The van der Waals surface area contributed by atoms with Crippen molar-refractivity contribution in [1.82, 2.24) is 0 Å². The molecule has 4 saturated carbocycles. The lowest BCUT2D eigenvalue weighted by atomic mass is 9.40. The molecule has 4 fully saturated rings. The van der Waals surface area contributed by atoms with Crippen molar-refractivity contribution >= 4 is 6.29 Å². The molecule has 0 saturated heterocycles. The molecule has 4 aliphatic carbocycles. The fraction of sp³-hybridized carbons (Fsp3) is 0.929. The molecule has 0 N–H and O–H groups in total. The van der Waals surface area contributed by atoms with Crippen LogP contribution in [0.3, 0.4) is 0 Å². The summed E-state index contributed by atoms with van der Waals surface area (Å²) >= 11 is 0. The number of rotatable bonds is 2. The highest BCUT2D eigenvalue weighted by Gasteiger charge is 2.59. The highest BCUT2D eigenvalue weighted by Crippen LogP contribution is 2.70. The van der Waals surface area contributed by atoms with E-state index >= 15 is 0 Å². The van der Waals surface area contributed by atoms with Crippen LogP contribution in [0.25, 0.3) is 0 Å². The van der Waals surface area contributed by atoms with Crippen LogP contribution in [0, 0.1) is 22.2 Å². The molecular weight excluding hydrogens is 184 g/mol. The van der Waals surface area contributed by atoms with Crippen molar-refractivity contribution in [3.8, 4) is 0 Å². The molecule has 0 spiro atoms. The van der Waals surface area contributed by atoms with Gasteiger partial charge < -0.3 is 4.79 Å². The van der Waals surface area contributed by atoms with E-state index in [2.05, 4.69) is 13.8 Å². The maximum Gasteiger partial charge on any atom is 0.120 e. The smallest absolute Gasteiger partial charge is 0.120 e. The van der Waals surface area contributed by atoms with E-state index in [1.54, 1.807) is 0 Å². The molecule has 0 aromatic rings. The van der Waals surface area contributed by atoms with E-state index in [1.165, 1.54) is 44.8 Å². The lowest BCUT2D eigenvalue weighted by Crippen LogP contribution is -2.55. The van der Waals surface area contributed by atoms with Gasteiger partial charge in [-0.2, -0.15) is 0 Å². The molecule has 0 radical (unpaired) electrons. The van der Waals surface area contributed by atoms with Gasteiger partial charge in [-0.3, -0.25) is 0 Å². The molecule has 4 rings (SSSR count). The van der Waals surface area contributed by atoms with Crippen LogP contribution in [0.4, 0.5) is 0 Å². The minimum atomic E-state index is 0.407. The molecule has 1 nitrogen and oxygen atoms in total. The van der Waals surface area contributed by atoms with Crippen molar-refractivity contribution in [3.63, 3.8) is 0 Å². The SMILES string of the molecule is C[C@]12CC3CC(CC=O)(C1)C[C@@](C)(C3)C2. The van der Waals surface area contributed by atoms with Crippen molar-refractivity contribution in [2.45, 2.75) is 58.8 Å². The van der Waals surface area contributed by atoms with Gasteiger partial charge >= 0.3 is 0 Å². The molecule has 0 aromatic heterocycles. The van der Waals surface area contributed by atoms with Gasteiger partial charge in [0, 0.05) is 6.42 Å². The second-order valence-electron chi connectivity index (χ2n) is 7.50. The molecular formula is C14H22O. The average molecular weight is 206 g/mol. The Morgan fingerprint density at radius 2 is 1.67 bits per heavy atom. The van der Waals surface area contributed by atoms with E-state index in [0.717, 1.165) is 12.3 Å². The predicted molar refractivity (Wildman–Crippen MR) is 60.5 cm³/mol. The number of hydrogen-bond donors (Lipinski definition) is 0. The third-order valence-electron chi connectivity index (χ3n) is 5.26. The van der Waals surface area contributed by atoms with Gasteiger partial charge in [0.05, 0.1) is 0 Å². The Morgan fingerprint density at radius 1 is 1.07 bits per heavy atom. The summed E-state index contributed by atoms with van der Waals surface area (Å²) in [7, 11) is 0. The first-order valence-corrected chi connectivity index (χ1v) is 6.40. The van der Waals surface area contributed by atoms with Crippen molar-refractivity contribution in [1.29, 1.82) is 0 Å². The topological polar surface area (TPSA) is 17.1 Å². The second-order valence-corrected chi connectivity index (χ2v) is 7.50. The maximum absolute atomic E-state index is 10.9. The maximum atomic E-state index is 10.9. The van der Waals surface area contributed by atoms with Crippen LogP contribution in [0.15, 0.2) is 0 Å². The predicted octanol–water partition coefficient (Wildman–Crippen LogP) is 3.57. The van der Waals surface area contributed by atoms with Crippen LogP contribution in [0.2, 0.25) is 0 Å². The van der Waals surface area contributed by atoms with Crippen molar-refractivity contribution < 1.29 is 4.79 Å². The summed E-state index contributed by atoms with van der Waals surface area (Å²) in [5.41, 5.74) is 1.54. The third kappa shape index (κ3) is 1.38. The van der Waals surface area contributed by atoms with E-state index in [0.29, 0.717) is 16.2 Å². The van der Waals surface area contributed by atoms with Crippen molar-refractivity contribution in [2.24, 2.45) is 22.2 Å². The number of carbonyl (C=O) groups is 1. The Bertz CT molecular complexity index is 288. The Morgan fingerprint density at radius 3 is 2.13 bits per heavy atom. The molecule has 0 aliphatic heterocycles. The fourth-order valence-corrected chi connectivity index (χ4v) is 6.09. The lowest BCUT2D eigenvalue weighted by Gasteiger charge is -2.65. The van der Waals surface area contributed by atoms with Crippen LogP contribution >= 0.6 is 0 Å². The van der Waals surface area contributed by atoms with Gasteiger partial charge in [-0.15, -0.1) is 0 Å². The van der Waals surface area contributed by atoms with Crippen molar-refractivity contribution in [3.05, 3.63) is 0 Å². The largest absolute Gasteiger partial charge is 0.303 e. The Labute approximate surface area is 92.6 Å². The molecule has 1 heteroatoms. The molecule has 15 heavy (non-hydrogen) atoms. The third-order valence-corrected chi connectivity index (χ3v) is 5.26. The zero-order valence-corrected chi connectivity index (χ0v) is 10.0. The first-order chi connectivity index (χ1) is 6.97. The minimum Gasteiger partial charge on any atom is -0.303 e. The Balaban J connectivity index is 1.98. The zero-order valence-electron chi connectivity index (χ0n) is 10.0. The Hall–Kier alpha value is -0.330. The van der Waals surface area contributed by atoms with E-state index in [4.69, 9.17) is 0 Å². The molecule has 4 aliphatic rings. The summed E-state index contributed by atoms with van der Waals surface area (Å²) in [6.07, 6.45) is 10.3. The second kappa shape index (κ2) is 2.67. The van der Waals surface area contributed by atoms with E-state index in [1.807, 2.05) is 0 Å². The van der Waals surface area contributed by atoms with Gasteiger partial charge in [0.15, 0.2) is 0 Å². The summed E-state index contributed by atoms with van der Waals surface area (Å²) in [6, 6.07) is 0. The summed E-state index contributed by atoms with van der Waals surface area (Å²) in [5.74, 6) is 0.927. The van der Waals surface area contributed by atoms with Gasteiger partial charge in [0.2, 0.25) is 0 Å². The number of hydrogen-bond acceptors (Lipinski definition) is 1. The summed E-state index contributed by atoms with van der Waals surface area (Å²) in [6.45, 7) is 4.94. The molecule has 2 unspecified atom stereocenters. The first-order valence-electron chi connectivity index (χ1n) is 6.40. The summed E-state index contributed by atoms with van der Waals surface area (Å²) in [5, 5.41) is 0. The fourth-order valence-electron chi connectivity index (χ4n) is 6.09. The van der Waals surface area contributed by atoms with Crippen LogP contribution in [0.1, 0.15) is 58.8 Å². The zero-order chi connectivity index (χ0) is 10.7. The number of aldehydes is 1. The van der Waals surface area contributed by atoms with Gasteiger partial charge in [-0.05, 0) is 60.7 Å². The molecule has 4 bridgehead atoms. The van der Waals surface area contributed by atoms with Gasteiger partial charge in [-0.1, -0.05) is 13.8 Å². The van der Waals surface area contributed by atoms with Crippen LogP contribution in [0.5, 0.6) is 0 Å². The highest BCUT2D eigenvalue weighted by atomic mass is 16.1. The van der Waals surface area contributed by atoms with E-state index in [-0.39, 0.29) is 0 Å². The summed E-state index contributed by atoms with van der Waals surface area (Å²) < 4.78 is 0. The average Bonchev–Trinajstić information content (AvgIpc) is 1.94. The van der Waals surface area contributed by atoms with Gasteiger partial charge in [0.1, 0.15) is 6.29 Å². The molecule has 4 atom stereocenters. The van der Waals surface area contributed by atoms with Crippen LogP contribution < -0.4 is 0 Å².